The lowest BCUT2D eigenvalue weighted by molar-refractivity contribution is -0.132. The van der Waals surface area contributed by atoms with Gasteiger partial charge in [-0.3, -0.25) is 14.5 Å². The summed E-state index contributed by atoms with van der Waals surface area (Å²) in [5.74, 6) is -0.933. The number of anilines is 1. The van der Waals surface area contributed by atoms with Crippen molar-refractivity contribution in [1.29, 1.82) is 0 Å². The molecule has 170 valence electrons. The van der Waals surface area contributed by atoms with Gasteiger partial charge in [0.05, 0.1) is 36.6 Å². The first-order valence-corrected chi connectivity index (χ1v) is 11.2. The molecule has 2 aromatic carbocycles. The topological polar surface area (TPSA) is 89.0 Å². The second-order valence-corrected chi connectivity index (χ2v) is 9.02. The largest absolute Gasteiger partial charge is 0.507 e. The molecule has 9 heteroatoms. The molecule has 0 bridgehead atoms. The molecule has 0 spiro atoms. The van der Waals surface area contributed by atoms with Gasteiger partial charge in [0.25, 0.3) is 5.78 Å². The fourth-order valence-corrected chi connectivity index (χ4v) is 4.88. The molecule has 1 aliphatic rings. The van der Waals surface area contributed by atoms with Crippen molar-refractivity contribution in [3.8, 4) is 11.5 Å². The van der Waals surface area contributed by atoms with E-state index in [1.807, 2.05) is 13.8 Å². The van der Waals surface area contributed by atoms with E-state index < -0.39 is 17.7 Å². The van der Waals surface area contributed by atoms with Gasteiger partial charge in [-0.05, 0) is 49.7 Å². The van der Waals surface area contributed by atoms with Crippen LogP contribution in [-0.4, -0.2) is 36.0 Å². The molecule has 1 N–H and O–H groups in total. The number of nitrogens with zero attached hydrogens (tertiary/aromatic N) is 2. The highest BCUT2D eigenvalue weighted by Crippen LogP contribution is 2.44. The van der Waals surface area contributed by atoms with Crippen molar-refractivity contribution in [2.24, 2.45) is 0 Å². The van der Waals surface area contributed by atoms with Crippen molar-refractivity contribution in [2.75, 3.05) is 19.1 Å². The second kappa shape index (κ2) is 8.88. The maximum atomic E-state index is 13.2. The fraction of sp³-hybridized carbons (Fsp3) is 0.208. The van der Waals surface area contributed by atoms with E-state index in [1.165, 1.54) is 36.5 Å². The summed E-state index contributed by atoms with van der Waals surface area (Å²) < 4.78 is 10.5. The number of aryl methyl sites for hydroxylation is 2. The predicted molar refractivity (Wildman–Crippen MR) is 127 cm³/mol. The molecule has 0 saturated carbocycles. The van der Waals surface area contributed by atoms with Gasteiger partial charge < -0.3 is 14.6 Å². The van der Waals surface area contributed by atoms with E-state index in [0.717, 1.165) is 10.6 Å². The minimum absolute atomic E-state index is 0.0556. The lowest BCUT2D eigenvalue weighted by Crippen LogP contribution is -2.29. The first-order valence-electron chi connectivity index (χ1n) is 9.99. The molecule has 1 aliphatic heterocycles. The summed E-state index contributed by atoms with van der Waals surface area (Å²) in [5.41, 5.74) is 1.60. The Balaban J connectivity index is 1.95. The highest BCUT2D eigenvalue weighted by atomic mass is 35.5. The van der Waals surface area contributed by atoms with Gasteiger partial charge in [0.2, 0.25) is 0 Å². The summed E-state index contributed by atoms with van der Waals surface area (Å²) in [6, 6.07) is 10.8. The molecule has 33 heavy (non-hydrogen) atoms. The molecular weight excluding hydrogens is 464 g/mol. The predicted octanol–water partition coefficient (Wildman–Crippen LogP) is 5.06. The zero-order valence-electron chi connectivity index (χ0n) is 18.4. The first kappa shape index (κ1) is 22.8. The van der Waals surface area contributed by atoms with Crippen LogP contribution in [0, 0.1) is 13.8 Å². The number of carbonyl (C=O) groups excluding carboxylic acids is 2. The number of carbonyl (C=O) groups is 2. The summed E-state index contributed by atoms with van der Waals surface area (Å²) in [4.78, 5) is 33.2. The molecule has 0 unspecified atom stereocenters. The van der Waals surface area contributed by atoms with Crippen LogP contribution in [0.2, 0.25) is 5.02 Å². The number of benzene rings is 2. The van der Waals surface area contributed by atoms with Gasteiger partial charge in [-0.2, -0.15) is 0 Å². The van der Waals surface area contributed by atoms with Crippen molar-refractivity contribution in [1.82, 2.24) is 4.98 Å². The van der Waals surface area contributed by atoms with Gasteiger partial charge in [-0.1, -0.05) is 23.7 Å². The number of aromatic nitrogens is 1. The molecule has 2 heterocycles. The van der Waals surface area contributed by atoms with Crippen LogP contribution in [0.1, 0.15) is 27.7 Å². The number of thiazole rings is 1. The van der Waals surface area contributed by atoms with E-state index in [1.54, 1.807) is 36.4 Å². The van der Waals surface area contributed by atoms with Crippen LogP contribution in [0.4, 0.5) is 5.13 Å². The van der Waals surface area contributed by atoms with Gasteiger partial charge in [-0.25, -0.2) is 4.98 Å². The second-order valence-electron chi connectivity index (χ2n) is 7.43. The van der Waals surface area contributed by atoms with E-state index in [4.69, 9.17) is 21.1 Å². The van der Waals surface area contributed by atoms with Crippen LogP contribution >= 0.6 is 22.9 Å². The lowest BCUT2D eigenvalue weighted by atomic mass is 9.95. The van der Waals surface area contributed by atoms with E-state index in [9.17, 15) is 14.7 Å². The number of ketones is 1. The third-order valence-electron chi connectivity index (χ3n) is 5.50. The molecule has 4 rings (SSSR count). The number of methoxy groups -OCH3 is 2. The quantitative estimate of drug-likeness (QED) is 0.309. The summed E-state index contributed by atoms with van der Waals surface area (Å²) >= 11 is 7.55. The van der Waals surface area contributed by atoms with Crippen LogP contribution in [0.5, 0.6) is 11.5 Å². The molecule has 0 aliphatic carbocycles. The van der Waals surface area contributed by atoms with Gasteiger partial charge in [0.15, 0.2) is 5.13 Å². The Labute approximate surface area is 199 Å². The molecule has 1 amide bonds. The maximum absolute atomic E-state index is 13.2. The number of hydrogen-bond donors (Lipinski definition) is 1. The first-order chi connectivity index (χ1) is 15.8. The van der Waals surface area contributed by atoms with E-state index in [0.29, 0.717) is 22.2 Å². The summed E-state index contributed by atoms with van der Waals surface area (Å²) in [7, 11) is 3.01. The van der Waals surface area contributed by atoms with E-state index in [-0.39, 0.29) is 21.9 Å². The number of Topliss-reactive ketones (excluding diaryl/α,β-unsaturated/α-hetero) is 1. The highest BCUT2D eigenvalue weighted by Gasteiger charge is 2.48. The number of halogens is 1. The molecule has 3 aromatic rings. The SMILES string of the molecule is COc1cccc([C@H]2C(=C(O)c3ccc(OC)c(Cl)c3)C(=O)C(=O)N2c2nc(C)c(C)s2)c1. The van der Waals surface area contributed by atoms with Crippen LogP contribution < -0.4 is 14.4 Å². The Hall–Kier alpha value is -3.36. The number of aliphatic hydroxyl groups is 1. The molecule has 1 fully saturated rings. The summed E-state index contributed by atoms with van der Waals surface area (Å²) in [6.07, 6.45) is 0. The number of hydrogen-bond acceptors (Lipinski definition) is 7. The zero-order valence-corrected chi connectivity index (χ0v) is 20.0. The number of rotatable bonds is 5. The monoisotopic (exact) mass is 484 g/mol. The van der Waals surface area contributed by atoms with Crippen LogP contribution in [0.15, 0.2) is 48.0 Å². The average Bonchev–Trinajstić information content (AvgIpc) is 3.28. The van der Waals surface area contributed by atoms with Crippen LogP contribution in [0.25, 0.3) is 5.76 Å². The molecule has 0 radical (unpaired) electrons. The summed E-state index contributed by atoms with van der Waals surface area (Å²) in [6.45, 7) is 3.73. The van der Waals surface area contributed by atoms with Crippen molar-refractivity contribution >= 4 is 45.5 Å². The van der Waals surface area contributed by atoms with Crippen molar-refractivity contribution in [3.05, 3.63) is 74.8 Å². The van der Waals surface area contributed by atoms with Gasteiger partial charge >= 0.3 is 5.91 Å². The molecule has 1 saturated heterocycles. The molecular formula is C24H21ClN2O5S. The van der Waals surface area contributed by atoms with Crippen LogP contribution in [-0.2, 0) is 9.59 Å². The number of aliphatic hydroxyl groups excluding tert-OH is 1. The number of amides is 1. The van der Waals surface area contributed by atoms with Crippen molar-refractivity contribution in [3.63, 3.8) is 0 Å². The Morgan fingerprint density at radius 3 is 2.48 bits per heavy atom. The fourth-order valence-electron chi connectivity index (χ4n) is 3.68. The van der Waals surface area contributed by atoms with Gasteiger partial charge in [0, 0.05) is 10.4 Å². The third kappa shape index (κ3) is 3.96. The highest BCUT2D eigenvalue weighted by molar-refractivity contribution is 7.16. The summed E-state index contributed by atoms with van der Waals surface area (Å²) in [5, 5.41) is 11.9. The zero-order chi connectivity index (χ0) is 23.9. The third-order valence-corrected chi connectivity index (χ3v) is 6.87. The van der Waals surface area contributed by atoms with Gasteiger partial charge in [-0.15, -0.1) is 11.3 Å². The van der Waals surface area contributed by atoms with Crippen molar-refractivity contribution < 1.29 is 24.2 Å². The molecule has 1 aromatic heterocycles. The van der Waals surface area contributed by atoms with Gasteiger partial charge in [0.1, 0.15) is 17.3 Å². The lowest BCUT2D eigenvalue weighted by Gasteiger charge is -2.23. The normalized spacial score (nSPS) is 17.5. The minimum Gasteiger partial charge on any atom is -0.507 e. The van der Waals surface area contributed by atoms with E-state index >= 15 is 0 Å². The molecule has 7 nitrogen and oxygen atoms in total. The maximum Gasteiger partial charge on any atom is 0.301 e. The standard InChI is InChI=1S/C24H21ClN2O5S/c1-12-13(2)33-24(26-12)27-20(14-6-5-7-16(10-14)31-3)19(22(29)23(27)30)21(28)15-8-9-18(32-4)17(25)11-15/h5-11,20,28H,1-4H3/t20-/m0/s1. The van der Waals surface area contributed by atoms with Crippen LogP contribution in [0.3, 0.4) is 0 Å². The Kier molecular flexibility index (Phi) is 6.14. The Morgan fingerprint density at radius 2 is 1.88 bits per heavy atom. The minimum atomic E-state index is -0.897. The average molecular weight is 485 g/mol. The Morgan fingerprint density at radius 1 is 1.12 bits per heavy atom. The molecule has 1 atom stereocenters. The van der Waals surface area contributed by atoms with E-state index in [2.05, 4.69) is 4.98 Å². The van der Waals surface area contributed by atoms with Crippen molar-refractivity contribution in [2.45, 2.75) is 19.9 Å². The number of ether oxygens (including phenoxy) is 2. The Bertz CT molecular complexity index is 1280. The smallest absolute Gasteiger partial charge is 0.301 e.